The quantitative estimate of drug-likeness (QED) is 0.595. The maximum absolute atomic E-state index is 9.06. The van der Waals surface area contributed by atoms with Crippen molar-refractivity contribution in [2.24, 2.45) is 0 Å². The van der Waals surface area contributed by atoms with Gasteiger partial charge in [-0.25, -0.2) is 0 Å². The van der Waals surface area contributed by atoms with Crippen molar-refractivity contribution in [2.75, 3.05) is 7.05 Å². The molecule has 0 bridgehead atoms. The van der Waals surface area contributed by atoms with Crippen LogP contribution in [0.25, 0.3) is 0 Å². The average Bonchev–Trinajstić information content (AvgIpc) is 2.31. The topological polar surface area (TPSA) is 42.0 Å². The first-order valence-electron chi connectivity index (χ1n) is 5.36. The first kappa shape index (κ1) is 13.6. The number of pyridine rings is 1. The summed E-state index contributed by atoms with van der Waals surface area (Å²) in [5.41, 5.74) is 1.22. The Bertz CT molecular complexity index is 237. The molecule has 1 N–H and O–H groups in total. The van der Waals surface area contributed by atoms with Gasteiger partial charge in [-0.15, -0.1) is 0 Å². The summed E-state index contributed by atoms with van der Waals surface area (Å²) in [5.74, 6) is 0. The lowest BCUT2D eigenvalue weighted by atomic mass is 10.1. The first-order valence-corrected chi connectivity index (χ1v) is 5.36. The van der Waals surface area contributed by atoms with Crippen LogP contribution in [0, 0.1) is 0 Å². The van der Waals surface area contributed by atoms with Gasteiger partial charge in [0.15, 0.2) is 0 Å². The highest BCUT2D eigenvalue weighted by molar-refractivity contribution is 5.44. The zero-order valence-corrected chi connectivity index (χ0v) is 9.57. The Hall–Kier alpha value is -1.38. The summed E-state index contributed by atoms with van der Waals surface area (Å²) in [4.78, 5) is 13.3. The molecule has 0 fully saturated rings. The highest BCUT2D eigenvalue weighted by atomic mass is 16.1. The number of nitrogens with zero attached hydrogens (tertiary/aromatic N) is 1. The van der Waals surface area contributed by atoms with E-state index >= 15 is 0 Å². The average molecular weight is 208 g/mol. The van der Waals surface area contributed by atoms with E-state index in [1.54, 1.807) is 7.05 Å². The number of hydrogen-bond acceptors (Lipinski definition) is 2. The SMILES string of the molecule is CCCCCc1ccccn1.CNC=O. The van der Waals surface area contributed by atoms with Gasteiger partial charge in [0.2, 0.25) is 6.41 Å². The third-order valence-electron chi connectivity index (χ3n) is 1.88. The highest BCUT2D eigenvalue weighted by Gasteiger charge is 1.90. The molecule has 84 valence electrons. The summed E-state index contributed by atoms with van der Waals surface area (Å²) in [7, 11) is 1.56. The predicted molar refractivity (Wildman–Crippen MR) is 62.6 cm³/mol. The van der Waals surface area contributed by atoms with Crippen LogP contribution >= 0.6 is 0 Å². The molecule has 0 saturated carbocycles. The van der Waals surface area contributed by atoms with Gasteiger partial charge >= 0.3 is 0 Å². The number of unbranched alkanes of at least 4 members (excludes halogenated alkanes) is 2. The summed E-state index contributed by atoms with van der Waals surface area (Å²) in [6.45, 7) is 2.22. The number of nitrogens with one attached hydrogen (secondary N) is 1. The minimum atomic E-state index is 0.625. The summed E-state index contributed by atoms with van der Waals surface area (Å²) < 4.78 is 0. The Labute approximate surface area is 91.9 Å². The van der Waals surface area contributed by atoms with Crippen LogP contribution < -0.4 is 5.32 Å². The van der Waals surface area contributed by atoms with Gasteiger partial charge in [-0.2, -0.15) is 0 Å². The lowest BCUT2D eigenvalue weighted by molar-refractivity contribution is -0.109. The molecular weight excluding hydrogens is 188 g/mol. The van der Waals surface area contributed by atoms with Crippen LogP contribution in [0.2, 0.25) is 0 Å². The number of aryl methyl sites for hydroxylation is 1. The molecule has 1 rings (SSSR count). The maximum Gasteiger partial charge on any atom is 0.206 e. The molecule has 0 unspecified atom stereocenters. The minimum absolute atomic E-state index is 0.625. The molecule has 0 atom stereocenters. The molecule has 15 heavy (non-hydrogen) atoms. The van der Waals surface area contributed by atoms with Crippen molar-refractivity contribution < 1.29 is 4.79 Å². The van der Waals surface area contributed by atoms with Crippen LogP contribution in [0.15, 0.2) is 24.4 Å². The van der Waals surface area contributed by atoms with Crippen LogP contribution in [0.5, 0.6) is 0 Å². The maximum atomic E-state index is 9.06. The van der Waals surface area contributed by atoms with Crippen molar-refractivity contribution in [1.29, 1.82) is 0 Å². The molecule has 0 aliphatic heterocycles. The van der Waals surface area contributed by atoms with Crippen molar-refractivity contribution in [3.63, 3.8) is 0 Å². The van der Waals surface area contributed by atoms with E-state index in [9.17, 15) is 0 Å². The Kier molecular flexibility index (Phi) is 9.71. The molecule has 1 amide bonds. The summed E-state index contributed by atoms with van der Waals surface area (Å²) in [5, 5.41) is 2.25. The van der Waals surface area contributed by atoms with Crippen LogP contribution in [-0.4, -0.2) is 18.4 Å². The molecular formula is C12H20N2O. The molecule has 1 aromatic heterocycles. The second-order valence-corrected chi connectivity index (χ2v) is 3.18. The molecule has 0 aromatic carbocycles. The van der Waals surface area contributed by atoms with Gasteiger partial charge < -0.3 is 5.32 Å². The van der Waals surface area contributed by atoms with Gasteiger partial charge in [0.05, 0.1) is 0 Å². The summed E-state index contributed by atoms with van der Waals surface area (Å²) in [6.07, 6.45) is 7.49. The van der Waals surface area contributed by atoms with Crippen molar-refractivity contribution >= 4 is 6.41 Å². The van der Waals surface area contributed by atoms with E-state index < -0.39 is 0 Å². The molecule has 0 saturated heterocycles. The zero-order chi connectivity index (χ0) is 11.4. The van der Waals surface area contributed by atoms with E-state index in [1.807, 2.05) is 18.3 Å². The highest BCUT2D eigenvalue weighted by Crippen LogP contribution is 2.02. The van der Waals surface area contributed by atoms with Gasteiger partial charge in [-0.05, 0) is 25.0 Å². The van der Waals surface area contributed by atoms with Gasteiger partial charge in [-0.3, -0.25) is 9.78 Å². The molecule has 0 radical (unpaired) electrons. The monoisotopic (exact) mass is 208 g/mol. The lowest BCUT2D eigenvalue weighted by Crippen LogP contribution is -1.98. The number of amides is 1. The second-order valence-electron chi connectivity index (χ2n) is 3.18. The molecule has 3 nitrogen and oxygen atoms in total. The standard InChI is InChI=1S/C10H15N.C2H5NO/c1-2-3-4-7-10-8-5-6-9-11-10;1-3-2-4/h5-6,8-9H,2-4,7H2,1H3;2H,1H3,(H,3,4). The molecule has 1 heterocycles. The second kappa shape index (κ2) is 10.7. The van der Waals surface area contributed by atoms with Crippen LogP contribution in [-0.2, 0) is 11.2 Å². The molecule has 3 heteroatoms. The van der Waals surface area contributed by atoms with E-state index in [-0.39, 0.29) is 0 Å². The fourth-order valence-electron chi connectivity index (χ4n) is 1.10. The molecule has 1 aromatic rings. The van der Waals surface area contributed by atoms with E-state index in [2.05, 4.69) is 23.3 Å². The minimum Gasteiger partial charge on any atom is -0.362 e. The van der Waals surface area contributed by atoms with Gasteiger partial charge in [0.25, 0.3) is 0 Å². The first-order chi connectivity index (χ1) is 7.35. The molecule has 0 aliphatic carbocycles. The van der Waals surface area contributed by atoms with Crippen LogP contribution in [0.1, 0.15) is 31.9 Å². The van der Waals surface area contributed by atoms with Gasteiger partial charge in [-0.1, -0.05) is 25.8 Å². The van der Waals surface area contributed by atoms with E-state index in [4.69, 9.17) is 4.79 Å². The number of hydrogen-bond donors (Lipinski definition) is 1. The van der Waals surface area contributed by atoms with Gasteiger partial charge in [0, 0.05) is 18.9 Å². The smallest absolute Gasteiger partial charge is 0.206 e. The molecule has 0 aliphatic rings. The molecule has 0 spiro atoms. The van der Waals surface area contributed by atoms with Crippen molar-refractivity contribution in [3.05, 3.63) is 30.1 Å². The normalized spacial score (nSPS) is 8.67. The Morgan fingerprint density at radius 1 is 1.40 bits per heavy atom. The largest absolute Gasteiger partial charge is 0.362 e. The lowest BCUT2D eigenvalue weighted by Gasteiger charge is -1.97. The van der Waals surface area contributed by atoms with Crippen molar-refractivity contribution in [3.8, 4) is 0 Å². The number of rotatable bonds is 5. The third kappa shape index (κ3) is 8.94. The van der Waals surface area contributed by atoms with Crippen LogP contribution in [0.3, 0.4) is 0 Å². The third-order valence-corrected chi connectivity index (χ3v) is 1.88. The van der Waals surface area contributed by atoms with Crippen molar-refractivity contribution in [2.45, 2.75) is 32.6 Å². The van der Waals surface area contributed by atoms with Crippen LogP contribution in [0.4, 0.5) is 0 Å². The Morgan fingerprint density at radius 2 is 2.13 bits per heavy atom. The Balaban J connectivity index is 0.000000423. The fourth-order valence-corrected chi connectivity index (χ4v) is 1.10. The van der Waals surface area contributed by atoms with E-state index in [0.717, 1.165) is 6.42 Å². The number of carbonyl (C=O) groups is 1. The Morgan fingerprint density at radius 3 is 2.60 bits per heavy atom. The number of carbonyl (C=O) groups excluding carboxylic acids is 1. The van der Waals surface area contributed by atoms with E-state index in [0.29, 0.717) is 6.41 Å². The fraction of sp³-hybridized carbons (Fsp3) is 0.500. The summed E-state index contributed by atoms with van der Waals surface area (Å²) >= 11 is 0. The predicted octanol–water partition coefficient (Wildman–Crippen LogP) is 2.18. The number of aromatic nitrogens is 1. The van der Waals surface area contributed by atoms with Gasteiger partial charge in [0.1, 0.15) is 0 Å². The summed E-state index contributed by atoms with van der Waals surface area (Å²) in [6, 6.07) is 6.10. The zero-order valence-electron chi connectivity index (χ0n) is 9.57. The van der Waals surface area contributed by atoms with E-state index in [1.165, 1.54) is 25.0 Å². The van der Waals surface area contributed by atoms with Crippen molar-refractivity contribution in [1.82, 2.24) is 10.3 Å².